The van der Waals surface area contributed by atoms with Gasteiger partial charge < -0.3 is 19.1 Å². The van der Waals surface area contributed by atoms with E-state index in [0.29, 0.717) is 31.2 Å². The van der Waals surface area contributed by atoms with Crippen LogP contribution in [0.1, 0.15) is 11.5 Å². The summed E-state index contributed by atoms with van der Waals surface area (Å²) in [7, 11) is 1.63. The van der Waals surface area contributed by atoms with Gasteiger partial charge in [-0.05, 0) is 29.8 Å². The van der Waals surface area contributed by atoms with Gasteiger partial charge in [-0.1, -0.05) is 17.3 Å². The van der Waals surface area contributed by atoms with E-state index in [1.807, 2.05) is 41.3 Å². The summed E-state index contributed by atoms with van der Waals surface area (Å²) in [6, 6.07) is 11.5. The van der Waals surface area contributed by atoms with Crippen LogP contribution in [0, 0.1) is 6.92 Å². The van der Waals surface area contributed by atoms with E-state index >= 15 is 0 Å². The van der Waals surface area contributed by atoms with Crippen LogP contribution in [-0.4, -0.2) is 59.2 Å². The van der Waals surface area contributed by atoms with E-state index in [1.165, 1.54) is 0 Å². The van der Waals surface area contributed by atoms with E-state index in [4.69, 9.17) is 9.26 Å². The van der Waals surface area contributed by atoms with E-state index in [2.05, 4.69) is 20.0 Å². The maximum atomic E-state index is 12.6. The van der Waals surface area contributed by atoms with Crippen LogP contribution >= 0.6 is 0 Å². The number of nitrogens with zero attached hydrogens (tertiary/aromatic N) is 5. The first-order chi connectivity index (χ1) is 14.1. The number of methoxy groups -OCH3 is 1. The van der Waals surface area contributed by atoms with Crippen molar-refractivity contribution in [3.8, 4) is 17.1 Å². The zero-order valence-corrected chi connectivity index (χ0v) is 16.5. The Morgan fingerprint density at radius 2 is 2.00 bits per heavy atom. The van der Waals surface area contributed by atoms with Crippen LogP contribution < -0.4 is 9.64 Å². The molecule has 0 N–H and O–H groups in total. The van der Waals surface area contributed by atoms with Crippen LogP contribution in [0.5, 0.6) is 5.75 Å². The molecule has 1 aromatic carbocycles. The normalized spacial score (nSPS) is 14.1. The molecule has 0 saturated carbocycles. The van der Waals surface area contributed by atoms with Crippen molar-refractivity contribution in [1.29, 1.82) is 0 Å². The lowest BCUT2D eigenvalue weighted by Gasteiger charge is -2.35. The topological polar surface area (TPSA) is 84.6 Å². The maximum absolute atomic E-state index is 12.6. The van der Waals surface area contributed by atoms with E-state index in [1.54, 1.807) is 20.2 Å². The minimum atomic E-state index is 0.133. The Balaban J connectivity index is 1.33. The molecule has 2 aromatic heterocycles. The summed E-state index contributed by atoms with van der Waals surface area (Å²) in [6.45, 7) is 4.61. The molecule has 0 radical (unpaired) electrons. The molecule has 1 fully saturated rings. The number of carbonyl (C=O) groups is 1. The van der Waals surface area contributed by atoms with Crippen LogP contribution in [0.25, 0.3) is 11.4 Å². The van der Waals surface area contributed by atoms with Gasteiger partial charge in [0.05, 0.1) is 13.5 Å². The van der Waals surface area contributed by atoms with E-state index in [0.717, 1.165) is 35.8 Å². The largest absolute Gasteiger partial charge is 0.497 e. The summed E-state index contributed by atoms with van der Waals surface area (Å²) in [5.41, 5.74) is 1.78. The van der Waals surface area contributed by atoms with Crippen molar-refractivity contribution in [2.24, 2.45) is 0 Å². The lowest BCUT2D eigenvalue weighted by Crippen LogP contribution is -2.49. The third-order valence-corrected chi connectivity index (χ3v) is 4.98. The Bertz CT molecular complexity index is 978. The highest BCUT2D eigenvalue weighted by Gasteiger charge is 2.22. The predicted octanol–water partition coefficient (Wildman–Crippen LogP) is 2.34. The predicted molar refractivity (Wildman–Crippen MR) is 108 cm³/mol. The number of aromatic nitrogens is 3. The third-order valence-electron chi connectivity index (χ3n) is 4.98. The molecule has 0 unspecified atom stereocenters. The van der Waals surface area contributed by atoms with Gasteiger partial charge in [0, 0.05) is 44.9 Å². The van der Waals surface area contributed by atoms with E-state index < -0.39 is 0 Å². The number of aryl methyl sites for hydroxylation is 1. The van der Waals surface area contributed by atoms with Gasteiger partial charge in [-0.2, -0.15) is 4.98 Å². The number of hydrogen-bond acceptors (Lipinski definition) is 7. The number of anilines is 1. The highest BCUT2D eigenvalue weighted by molar-refractivity contribution is 5.79. The molecule has 0 atom stereocenters. The molecule has 4 rings (SSSR count). The van der Waals surface area contributed by atoms with Gasteiger partial charge in [0.15, 0.2) is 0 Å². The zero-order valence-electron chi connectivity index (χ0n) is 16.5. The number of benzene rings is 1. The van der Waals surface area contributed by atoms with E-state index in [-0.39, 0.29) is 5.91 Å². The first kappa shape index (κ1) is 18.9. The molecule has 0 bridgehead atoms. The molecule has 1 amide bonds. The molecule has 3 heterocycles. The van der Waals surface area contributed by atoms with Gasteiger partial charge in [0.2, 0.25) is 17.6 Å². The van der Waals surface area contributed by atoms with Crippen molar-refractivity contribution in [1.82, 2.24) is 20.0 Å². The molecule has 150 valence electrons. The van der Waals surface area contributed by atoms with Crippen LogP contribution in [0.15, 0.2) is 47.1 Å². The smallest absolute Gasteiger partial charge is 0.227 e. The minimum absolute atomic E-state index is 0.133. The molecule has 0 spiro atoms. The Labute approximate surface area is 169 Å². The number of carbonyl (C=O) groups excluding carboxylic acids is 1. The monoisotopic (exact) mass is 393 g/mol. The van der Waals surface area contributed by atoms with Crippen molar-refractivity contribution in [2.45, 2.75) is 13.3 Å². The number of amides is 1. The lowest BCUT2D eigenvalue weighted by atomic mass is 10.1. The Morgan fingerprint density at radius 1 is 1.17 bits per heavy atom. The Morgan fingerprint density at radius 3 is 2.66 bits per heavy atom. The summed E-state index contributed by atoms with van der Waals surface area (Å²) < 4.78 is 10.2. The van der Waals surface area contributed by atoms with Gasteiger partial charge in [0.25, 0.3) is 0 Å². The molecule has 3 aromatic rings. The number of hydrogen-bond donors (Lipinski definition) is 0. The first-order valence-electron chi connectivity index (χ1n) is 9.55. The SMILES string of the molecule is COc1cccc(CC(=O)N2CCN(c3ccc(-c4noc(C)n4)cn3)CC2)c1. The number of piperazine rings is 1. The summed E-state index contributed by atoms with van der Waals surface area (Å²) in [4.78, 5) is 25.5. The van der Waals surface area contributed by atoms with Crippen molar-refractivity contribution in [3.05, 3.63) is 54.0 Å². The summed E-state index contributed by atoms with van der Waals surface area (Å²) in [6.07, 6.45) is 2.13. The van der Waals surface area contributed by atoms with Crippen LogP contribution in [0.3, 0.4) is 0 Å². The second-order valence-electron chi connectivity index (χ2n) is 6.94. The van der Waals surface area contributed by atoms with Crippen molar-refractivity contribution >= 4 is 11.7 Å². The molecular formula is C21H23N5O3. The fourth-order valence-corrected chi connectivity index (χ4v) is 3.38. The van der Waals surface area contributed by atoms with Crippen molar-refractivity contribution < 1.29 is 14.1 Å². The number of pyridine rings is 1. The van der Waals surface area contributed by atoms with Gasteiger partial charge >= 0.3 is 0 Å². The van der Waals surface area contributed by atoms with Crippen LogP contribution in [-0.2, 0) is 11.2 Å². The maximum Gasteiger partial charge on any atom is 0.227 e. The molecular weight excluding hydrogens is 370 g/mol. The fourth-order valence-electron chi connectivity index (χ4n) is 3.38. The standard InChI is InChI=1S/C21H23N5O3/c1-15-23-21(24-29-15)17-6-7-19(22-14-17)25-8-10-26(11-9-25)20(27)13-16-4-3-5-18(12-16)28-2/h3-7,12,14H,8-11,13H2,1-2H3. The Kier molecular flexibility index (Phi) is 5.41. The Hall–Kier alpha value is -3.42. The second kappa shape index (κ2) is 8.30. The number of ether oxygens (including phenoxy) is 1. The average Bonchev–Trinajstić information content (AvgIpc) is 3.20. The summed E-state index contributed by atoms with van der Waals surface area (Å²) >= 11 is 0. The molecule has 29 heavy (non-hydrogen) atoms. The zero-order chi connectivity index (χ0) is 20.2. The minimum Gasteiger partial charge on any atom is -0.497 e. The van der Waals surface area contributed by atoms with E-state index in [9.17, 15) is 4.79 Å². The van der Waals surface area contributed by atoms with Crippen LogP contribution in [0.2, 0.25) is 0 Å². The molecule has 0 aliphatic carbocycles. The molecule has 8 nitrogen and oxygen atoms in total. The highest BCUT2D eigenvalue weighted by atomic mass is 16.5. The fraction of sp³-hybridized carbons (Fsp3) is 0.333. The highest BCUT2D eigenvalue weighted by Crippen LogP contribution is 2.20. The number of rotatable bonds is 5. The summed E-state index contributed by atoms with van der Waals surface area (Å²) in [5.74, 6) is 2.85. The van der Waals surface area contributed by atoms with Gasteiger partial charge in [-0.15, -0.1) is 0 Å². The quantitative estimate of drug-likeness (QED) is 0.658. The van der Waals surface area contributed by atoms with Crippen molar-refractivity contribution in [3.63, 3.8) is 0 Å². The first-order valence-corrected chi connectivity index (χ1v) is 9.55. The molecule has 1 saturated heterocycles. The lowest BCUT2D eigenvalue weighted by molar-refractivity contribution is -0.130. The summed E-state index contributed by atoms with van der Waals surface area (Å²) in [5, 5.41) is 3.91. The molecule has 1 aliphatic rings. The van der Waals surface area contributed by atoms with Gasteiger partial charge in [0.1, 0.15) is 11.6 Å². The van der Waals surface area contributed by atoms with Gasteiger partial charge in [-0.25, -0.2) is 4.98 Å². The molecule has 8 heteroatoms. The van der Waals surface area contributed by atoms with Crippen molar-refractivity contribution in [2.75, 3.05) is 38.2 Å². The van der Waals surface area contributed by atoms with Crippen LogP contribution in [0.4, 0.5) is 5.82 Å². The molecule has 1 aliphatic heterocycles. The average molecular weight is 393 g/mol. The second-order valence-corrected chi connectivity index (χ2v) is 6.94. The van der Waals surface area contributed by atoms with Gasteiger partial charge in [-0.3, -0.25) is 4.79 Å². The third kappa shape index (κ3) is 4.37.